The summed E-state index contributed by atoms with van der Waals surface area (Å²) in [5, 5.41) is 0. The normalized spacial score (nSPS) is 19.8. The van der Waals surface area contributed by atoms with E-state index in [0.29, 0.717) is 0 Å². The molecular weight excluding hydrogens is 306 g/mol. The van der Waals surface area contributed by atoms with E-state index in [2.05, 4.69) is 45.5 Å². The van der Waals surface area contributed by atoms with Gasteiger partial charge in [0.05, 0.1) is 5.71 Å². The molecule has 1 aromatic carbocycles. The van der Waals surface area contributed by atoms with E-state index < -0.39 is 11.4 Å². The average molecular weight is 336 g/mol. The summed E-state index contributed by atoms with van der Waals surface area (Å²) in [5.74, 6) is 0. The van der Waals surface area contributed by atoms with E-state index >= 15 is 0 Å². The number of rotatable bonds is 4. The molecular formula is C18H29N3OS. The van der Waals surface area contributed by atoms with Crippen LogP contribution in [0.25, 0.3) is 0 Å². The lowest BCUT2D eigenvalue weighted by atomic mass is 10.1. The largest absolute Gasteiger partial charge is 0.591 e. The highest BCUT2D eigenvalue weighted by molar-refractivity contribution is 7.91. The second-order valence-electron chi connectivity index (χ2n) is 7.31. The lowest BCUT2D eigenvalue weighted by molar-refractivity contribution is 0.148. The van der Waals surface area contributed by atoms with Crippen LogP contribution in [0.3, 0.4) is 0 Å². The number of nitrogens with zero attached hydrogens (tertiary/aromatic N) is 3. The number of hydrogen-bond donors (Lipinski definition) is 0. The molecule has 5 heteroatoms. The smallest absolute Gasteiger partial charge is 0.144 e. The van der Waals surface area contributed by atoms with Gasteiger partial charge in [-0.15, -0.1) is 0 Å². The number of hydrogen-bond acceptors (Lipinski definition) is 4. The highest BCUT2D eigenvalue weighted by atomic mass is 32.2. The first kappa shape index (κ1) is 18.5. The molecule has 1 aromatic rings. The Hall–Kier alpha value is -0.880. The quantitative estimate of drug-likeness (QED) is 0.627. The summed E-state index contributed by atoms with van der Waals surface area (Å²) in [5.41, 5.74) is 3.21. The molecule has 2 rings (SSSR count). The van der Waals surface area contributed by atoms with Crippen LogP contribution in [0.2, 0.25) is 0 Å². The second-order valence-corrected chi connectivity index (χ2v) is 9.22. The zero-order chi connectivity index (χ0) is 17.0. The Kier molecular flexibility index (Phi) is 6.26. The minimum Gasteiger partial charge on any atom is -0.591 e. The summed E-state index contributed by atoms with van der Waals surface area (Å²) in [6.45, 7) is 13.3. The molecule has 0 radical (unpaired) electrons. The Balaban J connectivity index is 1.97. The van der Waals surface area contributed by atoms with Crippen molar-refractivity contribution < 1.29 is 4.55 Å². The number of benzene rings is 1. The molecule has 128 valence electrons. The Morgan fingerprint density at radius 2 is 1.70 bits per heavy atom. The van der Waals surface area contributed by atoms with Crippen LogP contribution < -0.4 is 0 Å². The molecule has 4 nitrogen and oxygen atoms in total. The minimum atomic E-state index is -1.21. The van der Waals surface area contributed by atoms with E-state index in [4.69, 9.17) is 0 Å². The summed E-state index contributed by atoms with van der Waals surface area (Å²) in [6.07, 6.45) is 0. The van der Waals surface area contributed by atoms with Gasteiger partial charge in [-0.1, -0.05) is 28.7 Å². The SMILES string of the molecule is C/C(=N\[S@+]([O-])C(C)(C)C)c1ccc(CN2CCN(C)CC2)cc1. The number of likely N-dealkylation sites (N-methyl/N-ethyl adjacent to an activating group) is 1. The van der Waals surface area contributed by atoms with E-state index in [1.54, 1.807) is 0 Å². The van der Waals surface area contributed by atoms with Crippen molar-refractivity contribution in [2.45, 2.75) is 39.0 Å². The highest BCUT2D eigenvalue weighted by Crippen LogP contribution is 2.18. The standard InChI is InChI=1S/C18H29N3OS/c1-15(19-23(22)18(2,3)4)17-8-6-16(7-9-17)14-21-12-10-20(5)11-13-21/h6-9H,10-14H2,1-5H3/b19-15+/t23-/m1/s1. The molecule has 1 atom stereocenters. The number of piperazine rings is 1. The van der Waals surface area contributed by atoms with Crippen molar-refractivity contribution in [2.24, 2.45) is 4.40 Å². The molecule has 0 aliphatic carbocycles. The van der Waals surface area contributed by atoms with E-state index in [0.717, 1.165) is 44.0 Å². The molecule has 1 fully saturated rings. The maximum atomic E-state index is 12.1. The van der Waals surface area contributed by atoms with Gasteiger partial charge >= 0.3 is 0 Å². The van der Waals surface area contributed by atoms with E-state index in [-0.39, 0.29) is 4.75 Å². The first-order valence-electron chi connectivity index (χ1n) is 8.23. The third-order valence-electron chi connectivity index (χ3n) is 4.12. The first-order chi connectivity index (χ1) is 10.8. The Morgan fingerprint density at radius 3 is 2.22 bits per heavy atom. The second kappa shape index (κ2) is 7.79. The van der Waals surface area contributed by atoms with E-state index in [9.17, 15) is 4.55 Å². The van der Waals surface area contributed by atoms with Crippen LogP contribution in [0.4, 0.5) is 0 Å². The third-order valence-corrected chi connectivity index (χ3v) is 5.60. The van der Waals surface area contributed by atoms with Gasteiger partial charge in [0, 0.05) is 38.3 Å². The molecule has 0 saturated carbocycles. The Labute approximate surface area is 143 Å². The lowest BCUT2D eigenvalue weighted by Crippen LogP contribution is -2.43. The molecule has 1 saturated heterocycles. The van der Waals surface area contributed by atoms with Crippen LogP contribution in [0, 0.1) is 0 Å². The van der Waals surface area contributed by atoms with E-state index in [1.807, 2.05) is 27.7 Å². The van der Waals surface area contributed by atoms with Gasteiger partial charge in [0.15, 0.2) is 0 Å². The average Bonchev–Trinajstić information content (AvgIpc) is 2.49. The van der Waals surface area contributed by atoms with Crippen molar-refractivity contribution in [3.8, 4) is 0 Å². The summed E-state index contributed by atoms with van der Waals surface area (Å²) >= 11 is -1.21. The zero-order valence-corrected chi connectivity index (χ0v) is 15.8. The first-order valence-corrected chi connectivity index (χ1v) is 9.34. The highest BCUT2D eigenvalue weighted by Gasteiger charge is 2.26. The molecule has 0 bridgehead atoms. The van der Waals surface area contributed by atoms with Crippen LogP contribution in [0.15, 0.2) is 28.7 Å². The van der Waals surface area contributed by atoms with Gasteiger partial charge < -0.3 is 9.45 Å². The maximum Gasteiger partial charge on any atom is 0.144 e. The summed E-state index contributed by atoms with van der Waals surface area (Å²) in [6, 6.07) is 8.49. The fraction of sp³-hybridized carbons (Fsp3) is 0.611. The summed E-state index contributed by atoms with van der Waals surface area (Å²) in [4.78, 5) is 4.86. The molecule has 1 heterocycles. The van der Waals surface area contributed by atoms with Crippen LogP contribution in [-0.4, -0.2) is 58.0 Å². The van der Waals surface area contributed by atoms with Crippen molar-refractivity contribution in [1.29, 1.82) is 0 Å². The monoisotopic (exact) mass is 335 g/mol. The fourth-order valence-electron chi connectivity index (χ4n) is 2.43. The molecule has 23 heavy (non-hydrogen) atoms. The molecule has 0 unspecified atom stereocenters. The summed E-state index contributed by atoms with van der Waals surface area (Å²) in [7, 11) is 2.18. The molecule has 1 aliphatic heterocycles. The Morgan fingerprint density at radius 1 is 1.13 bits per heavy atom. The lowest BCUT2D eigenvalue weighted by Gasteiger charge is -2.32. The van der Waals surface area contributed by atoms with Crippen molar-refractivity contribution in [2.75, 3.05) is 33.2 Å². The van der Waals surface area contributed by atoms with Crippen molar-refractivity contribution in [3.63, 3.8) is 0 Å². The maximum absolute atomic E-state index is 12.1. The van der Waals surface area contributed by atoms with Gasteiger partial charge in [0.1, 0.15) is 16.1 Å². The van der Waals surface area contributed by atoms with Crippen molar-refractivity contribution in [1.82, 2.24) is 9.80 Å². The predicted molar refractivity (Wildman–Crippen MR) is 99.3 cm³/mol. The fourth-order valence-corrected chi connectivity index (χ4v) is 3.06. The topological polar surface area (TPSA) is 41.9 Å². The van der Waals surface area contributed by atoms with Gasteiger partial charge in [-0.3, -0.25) is 4.90 Å². The van der Waals surface area contributed by atoms with Crippen LogP contribution in [-0.2, 0) is 17.9 Å². The van der Waals surface area contributed by atoms with Gasteiger partial charge in [0.2, 0.25) is 0 Å². The van der Waals surface area contributed by atoms with Crippen LogP contribution in [0.1, 0.15) is 38.8 Å². The molecule has 0 N–H and O–H groups in total. The Bertz CT molecular complexity index is 528. The minimum absolute atomic E-state index is 0.317. The third kappa shape index (κ3) is 5.60. The van der Waals surface area contributed by atoms with Crippen molar-refractivity contribution >= 4 is 17.1 Å². The molecule has 0 aromatic heterocycles. The van der Waals surface area contributed by atoms with Gasteiger partial charge in [-0.25, -0.2) is 0 Å². The molecule has 1 aliphatic rings. The molecule has 0 spiro atoms. The zero-order valence-electron chi connectivity index (χ0n) is 15.0. The van der Waals surface area contributed by atoms with Crippen molar-refractivity contribution in [3.05, 3.63) is 35.4 Å². The van der Waals surface area contributed by atoms with E-state index in [1.165, 1.54) is 5.56 Å². The predicted octanol–water partition coefficient (Wildman–Crippen LogP) is 2.71. The van der Waals surface area contributed by atoms with Gasteiger partial charge in [-0.2, -0.15) is 0 Å². The van der Waals surface area contributed by atoms with Gasteiger partial charge in [-0.05, 0) is 40.3 Å². The molecule has 0 amide bonds. The summed E-state index contributed by atoms with van der Waals surface area (Å²) < 4.78 is 16.1. The van der Waals surface area contributed by atoms with Crippen LogP contribution in [0.5, 0.6) is 0 Å². The van der Waals surface area contributed by atoms with Crippen LogP contribution >= 0.6 is 0 Å². The van der Waals surface area contributed by atoms with Gasteiger partial charge in [0.25, 0.3) is 0 Å².